The Balaban J connectivity index is 2.54. The Morgan fingerprint density at radius 1 is 1.38 bits per heavy atom. The summed E-state index contributed by atoms with van der Waals surface area (Å²) in [4.78, 5) is 41.3. The van der Waals surface area contributed by atoms with Crippen molar-refractivity contribution < 1.29 is 4.79 Å². The highest BCUT2D eigenvalue weighted by atomic mass is 32.1. The quantitative estimate of drug-likeness (QED) is 0.737. The summed E-state index contributed by atoms with van der Waals surface area (Å²) in [6, 6.07) is 1.72. The molecule has 26 heavy (non-hydrogen) atoms. The molecular weight excluding hydrogens is 352 g/mol. The van der Waals surface area contributed by atoms with Gasteiger partial charge in [-0.15, -0.1) is 0 Å². The van der Waals surface area contributed by atoms with E-state index in [1.54, 1.807) is 11.4 Å². The van der Waals surface area contributed by atoms with Gasteiger partial charge in [-0.1, -0.05) is 27.2 Å². The van der Waals surface area contributed by atoms with Gasteiger partial charge < -0.3 is 10.6 Å². The van der Waals surface area contributed by atoms with Gasteiger partial charge in [-0.2, -0.15) is 11.3 Å². The van der Waals surface area contributed by atoms with E-state index in [9.17, 15) is 14.4 Å². The van der Waals surface area contributed by atoms with E-state index in [0.717, 1.165) is 12.8 Å². The Labute approximate surface area is 156 Å². The van der Waals surface area contributed by atoms with E-state index in [4.69, 9.17) is 5.73 Å². The Morgan fingerprint density at radius 3 is 2.69 bits per heavy atom. The van der Waals surface area contributed by atoms with Crippen molar-refractivity contribution >= 4 is 28.7 Å². The molecule has 0 aliphatic carbocycles. The molecule has 0 aromatic carbocycles. The predicted molar refractivity (Wildman–Crippen MR) is 106 cm³/mol. The van der Waals surface area contributed by atoms with Crippen LogP contribution in [-0.2, 0) is 6.54 Å². The number of nitrogens with zero attached hydrogens (tertiary/aromatic N) is 2. The number of anilines is 2. The maximum Gasteiger partial charge on any atom is 0.330 e. The number of nitrogens with two attached hydrogens (primary N) is 1. The zero-order valence-corrected chi connectivity index (χ0v) is 16.3. The van der Waals surface area contributed by atoms with Crippen molar-refractivity contribution in [3.8, 4) is 0 Å². The molecule has 2 heterocycles. The molecular formula is C18H26N4O3S. The highest BCUT2D eigenvalue weighted by Crippen LogP contribution is 2.22. The fourth-order valence-corrected chi connectivity index (χ4v) is 3.25. The number of nitrogens with one attached hydrogen (secondary N) is 1. The van der Waals surface area contributed by atoms with Gasteiger partial charge in [0, 0.05) is 18.5 Å². The maximum atomic E-state index is 13.0. The molecule has 0 atom stereocenters. The average molecular weight is 378 g/mol. The SMILES string of the molecule is CCCCn1c(N)c(N(CCC(C)C)C(=O)c2ccsc2)c(=O)[nH]c1=O. The minimum Gasteiger partial charge on any atom is -0.383 e. The molecule has 0 unspecified atom stereocenters. The fraction of sp³-hybridized carbons (Fsp3) is 0.500. The highest BCUT2D eigenvalue weighted by molar-refractivity contribution is 7.08. The van der Waals surface area contributed by atoms with Crippen LogP contribution in [0.1, 0.15) is 50.4 Å². The Hall–Kier alpha value is -2.35. The molecule has 1 amide bonds. The molecule has 0 radical (unpaired) electrons. The number of thiophene rings is 1. The van der Waals surface area contributed by atoms with Crippen molar-refractivity contribution in [3.05, 3.63) is 43.2 Å². The molecule has 2 rings (SSSR count). The van der Waals surface area contributed by atoms with Gasteiger partial charge in [0.25, 0.3) is 11.5 Å². The molecule has 2 aromatic heterocycles. The van der Waals surface area contributed by atoms with Gasteiger partial charge in [0.15, 0.2) is 5.69 Å². The van der Waals surface area contributed by atoms with Crippen LogP contribution in [0.3, 0.4) is 0 Å². The monoisotopic (exact) mass is 378 g/mol. The lowest BCUT2D eigenvalue weighted by Gasteiger charge is -2.25. The van der Waals surface area contributed by atoms with E-state index in [1.165, 1.54) is 20.8 Å². The zero-order chi connectivity index (χ0) is 19.3. The first-order chi connectivity index (χ1) is 12.4. The minimum atomic E-state index is -0.632. The molecule has 8 heteroatoms. The van der Waals surface area contributed by atoms with E-state index in [1.807, 2.05) is 26.2 Å². The van der Waals surface area contributed by atoms with Crippen LogP contribution >= 0.6 is 11.3 Å². The van der Waals surface area contributed by atoms with Gasteiger partial charge >= 0.3 is 5.69 Å². The van der Waals surface area contributed by atoms with E-state index < -0.39 is 11.2 Å². The molecule has 2 aromatic rings. The van der Waals surface area contributed by atoms with Gasteiger partial charge in [-0.25, -0.2) is 4.79 Å². The number of unbranched alkanes of at least 4 members (excludes halogenated alkanes) is 1. The zero-order valence-electron chi connectivity index (χ0n) is 15.4. The summed E-state index contributed by atoms with van der Waals surface area (Å²) >= 11 is 1.41. The van der Waals surface area contributed by atoms with Crippen LogP contribution < -0.4 is 21.9 Å². The molecule has 7 nitrogen and oxygen atoms in total. The molecule has 0 aliphatic rings. The molecule has 0 saturated heterocycles. The normalized spacial score (nSPS) is 11.1. The first-order valence-corrected chi connectivity index (χ1v) is 9.77. The summed E-state index contributed by atoms with van der Waals surface area (Å²) in [6.45, 7) is 6.84. The van der Waals surface area contributed by atoms with Crippen LogP contribution in [0.2, 0.25) is 0 Å². The largest absolute Gasteiger partial charge is 0.383 e. The number of amides is 1. The summed E-state index contributed by atoms with van der Waals surface area (Å²) in [5, 5.41) is 3.55. The predicted octanol–water partition coefficient (Wildman–Crippen LogP) is 2.67. The van der Waals surface area contributed by atoms with Crippen molar-refractivity contribution in [3.63, 3.8) is 0 Å². The van der Waals surface area contributed by atoms with E-state index >= 15 is 0 Å². The second-order valence-electron chi connectivity index (χ2n) is 6.65. The first kappa shape index (κ1) is 20.0. The van der Waals surface area contributed by atoms with Gasteiger partial charge in [-0.3, -0.25) is 19.1 Å². The molecule has 0 spiro atoms. The summed E-state index contributed by atoms with van der Waals surface area (Å²) in [5.41, 5.74) is 5.56. The van der Waals surface area contributed by atoms with Crippen molar-refractivity contribution in [2.45, 2.75) is 46.6 Å². The maximum absolute atomic E-state index is 13.0. The van der Waals surface area contributed by atoms with Gasteiger partial charge in [-0.05, 0) is 30.2 Å². The lowest BCUT2D eigenvalue weighted by Crippen LogP contribution is -2.41. The van der Waals surface area contributed by atoms with Crippen molar-refractivity contribution in [2.75, 3.05) is 17.2 Å². The number of aromatic amines is 1. The van der Waals surface area contributed by atoms with Crippen LogP contribution in [0.5, 0.6) is 0 Å². The third kappa shape index (κ3) is 4.43. The number of H-pyrrole nitrogens is 1. The summed E-state index contributed by atoms with van der Waals surface area (Å²) in [6.07, 6.45) is 2.34. The van der Waals surface area contributed by atoms with Crippen molar-refractivity contribution in [1.29, 1.82) is 0 Å². The first-order valence-electron chi connectivity index (χ1n) is 8.83. The van der Waals surface area contributed by atoms with Crippen LogP contribution in [0.4, 0.5) is 11.5 Å². The standard InChI is InChI=1S/C18H26N4O3S/c1-4-5-8-22-15(19)14(16(23)20-18(22)25)21(9-6-12(2)3)17(24)13-7-10-26-11-13/h7,10-12H,4-6,8-9,19H2,1-3H3,(H,20,23,25). The van der Waals surface area contributed by atoms with Gasteiger partial charge in [0.1, 0.15) is 5.82 Å². The van der Waals surface area contributed by atoms with Gasteiger partial charge in [0.2, 0.25) is 0 Å². The Kier molecular flexibility index (Phi) is 6.79. The lowest BCUT2D eigenvalue weighted by molar-refractivity contribution is 0.0986. The Morgan fingerprint density at radius 2 is 2.12 bits per heavy atom. The van der Waals surface area contributed by atoms with Crippen LogP contribution in [0.15, 0.2) is 26.4 Å². The Bertz CT molecular complexity index is 852. The number of hydrogen-bond donors (Lipinski definition) is 2. The number of carbonyl (C=O) groups is 1. The molecule has 3 N–H and O–H groups in total. The van der Waals surface area contributed by atoms with E-state index in [-0.39, 0.29) is 17.4 Å². The third-order valence-electron chi connectivity index (χ3n) is 4.16. The second-order valence-corrected chi connectivity index (χ2v) is 7.43. The number of aromatic nitrogens is 2. The number of hydrogen-bond acceptors (Lipinski definition) is 5. The second kappa shape index (κ2) is 8.84. The van der Waals surface area contributed by atoms with E-state index in [2.05, 4.69) is 4.98 Å². The minimum absolute atomic E-state index is 0.0412. The van der Waals surface area contributed by atoms with Crippen LogP contribution in [0, 0.1) is 5.92 Å². The summed E-state index contributed by atoms with van der Waals surface area (Å²) in [5.74, 6) is 0.100. The average Bonchev–Trinajstić information content (AvgIpc) is 3.11. The third-order valence-corrected chi connectivity index (χ3v) is 4.85. The fourth-order valence-electron chi connectivity index (χ4n) is 2.62. The van der Waals surface area contributed by atoms with Crippen LogP contribution in [0.25, 0.3) is 0 Å². The van der Waals surface area contributed by atoms with Gasteiger partial charge in [0.05, 0.1) is 5.56 Å². The highest BCUT2D eigenvalue weighted by Gasteiger charge is 2.25. The summed E-state index contributed by atoms with van der Waals surface area (Å²) in [7, 11) is 0. The molecule has 0 fully saturated rings. The topological polar surface area (TPSA) is 101 Å². The smallest absolute Gasteiger partial charge is 0.330 e. The molecule has 142 valence electrons. The van der Waals surface area contributed by atoms with Crippen LogP contribution in [-0.4, -0.2) is 22.0 Å². The summed E-state index contributed by atoms with van der Waals surface area (Å²) < 4.78 is 1.34. The van der Waals surface area contributed by atoms with Crippen molar-refractivity contribution in [1.82, 2.24) is 9.55 Å². The molecule has 0 bridgehead atoms. The van der Waals surface area contributed by atoms with Crippen molar-refractivity contribution in [2.24, 2.45) is 5.92 Å². The molecule has 0 aliphatic heterocycles. The number of nitrogen functional groups attached to an aromatic ring is 1. The lowest BCUT2D eigenvalue weighted by atomic mass is 10.1. The number of rotatable bonds is 8. The van der Waals surface area contributed by atoms with E-state index in [0.29, 0.717) is 31.0 Å². The number of carbonyl (C=O) groups excluding carboxylic acids is 1. The molecule has 0 saturated carbocycles.